The molecule has 1 atom stereocenters. The van der Waals surface area contributed by atoms with E-state index in [1.54, 1.807) is 31.2 Å². The predicted octanol–water partition coefficient (Wildman–Crippen LogP) is 3.56. The first kappa shape index (κ1) is 17.7. The van der Waals surface area contributed by atoms with E-state index in [9.17, 15) is 13.2 Å². The van der Waals surface area contributed by atoms with Crippen molar-refractivity contribution in [1.29, 1.82) is 0 Å². The molecule has 2 aromatic carbocycles. The molecule has 5 nitrogen and oxygen atoms in total. The quantitative estimate of drug-likeness (QED) is 0.829. The van der Waals surface area contributed by atoms with Gasteiger partial charge in [-0.25, -0.2) is 18.4 Å². The smallest absolute Gasteiger partial charge is 0.338 e. The molecule has 0 spiro atoms. The van der Waals surface area contributed by atoms with Crippen LogP contribution in [0.1, 0.15) is 28.9 Å². The molecule has 0 aliphatic carbocycles. The van der Waals surface area contributed by atoms with Crippen molar-refractivity contribution in [3.8, 4) is 0 Å². The number of rotatable bonds is 4. The zero-order valence-corrected chi connectivity index (χ0v) is 14.3. The Labute approximate surface area is 144 Å². The third kappa shape index (κ3) is 4.23. The molecule has 0 aromatic heterocycles. The van der Waals surface area contributed by atoms with Crippen LogP contribution in [0, 0.1) is 0 Å². The Hall–Kier alpha value is -1.60. The first-order chi connectivity index (χ1) is 10.7. The summed E-state index contributed by atoms with van der Waals surface area (Å²) in [6.45, 7) is 1.66. The monoisotopic (exact) mass is 373 g/mol. The van der Waals surface area contributed by atoms with Gasteiger partial charge in [0.2, 0.25) is 10.0 Å². The van der Waals surface area contributed by atoms with Gasteiger partial charge in [0.05, 0.1) is 10.6 Å². The third-order valence-electron chi connectivity index (χ3n) is 3.10. The molecule has 2 aromatic rings. The van der Waals surface area contributed by atoms with E-state index in [4.69, 9.17) is 33.1 Å². The molecular formula is C15H13Cl2NO4S. The summed E-state index contributed by atoms with van der Waals surface area (Å²) < 4.78 is 28.2. The Morgan fingerprint density at radius 2 is 1.78 bits per heavy atom. The normalized spacial score (nSPS) is 12.7. The standard InChI is InChI=1S/C15H13Cl2NO4S/c1-9(11-4-2-3-5-12(11)16)22-15(19)10-6-7-13(17)14(8-10)23(18,20)21/h2-9H,1H3,(H2,18,20,21)/t9-/m0/s1. The fraction of sp³-hybridized carbons (Fsp3) is 0.133. The van der Waals surface area contributed by atoms with Crippen LogP contribution in [-0.4, -0.2) is 14.4 Å². The number of sulfonamides is 1. The summed E-state index contributed by atoms with van der Waals surface area (Å²) in [7, 11) is -4.04. The van der Waals surface area contributed by atoms with E-state index >= 15 is 0 Å². The maximum atomic E-state index is 12.2. The van der Waals surface area contributed by atoms with E-state index in [-0.39, 0.29) is 15.5 Å². The Kier molecular flexibility index (Phi) is 5.31. The lowest BCUT2D eigenvalue weighted by atomic mass is 10.1. The van der Waals surface area contributed by atoms with Crippen LogP contribution < -0.4 is 5.14 Å². The number of benzene rings is 2. The second-order valence-corrected chi connectivity index (χ2v) is 7.10. The first-order valence-corrected chi connectivity index (χ1v) is 8.78. The molecule has 0 fully saturated rings. The van der Waals surface area contributed by atoms with Crippen LogP contribution in [0.3, 0.4) is 0 Å². The van der Waals surface area contributed by atoms with Gasteiger partial charge in [0, 0.05) is 10.6 Å². The first-order valence-electron chi connectivity index (χ1n) is 6.48. The van der Waals surface area contributed by atoms with E-state index in [1.807, 2.05) is 0 Å². The van der Waals surface area contributed by atoms with Gasteiger partial charge in [-0.1, -0.05) is 41.4 Å². The van der Waals surface area contributed by atoms with Crippen LogP contribution in [0.2, 0.25) is 10.0 Å². The summed E-state index contributed by atoms with van der Waals surface area (Å²) in [6.07, 6.45) is -0.607. The summed E-state index contributed by atoms with van der Waals surface area (Å²) in [5, 5.41) is 5.46. The SMILES string of the molecule is C[C@H](OC(=O)c1ccc(Cl)c(S(N)(=O)=O)c1)c1ccccc1Cl. The molecule has 8 heteroatoms. The van der Waals surface area contributed by atoms with Crippen LogP contribution in [0.5, 0.6) is 0 Å². The zero-order chi connectivity index (χ0) is 17.2. The molecule has 0 unspecified atom stereocenters. The predicted molar refractivity (Wildman–Crippen MR) is 88.1 cm³/mol. The number of nitrogens with two attached hydrogens (primary N) is 1. The number of ether oxygens (including phenoxy) is 1. The summed E-state index contributed by atoms with van der Waals surface area (Å²) >= 11 is 11.8. The van der Waals surface area contributed by atoms with Gasteiger partial charge >= 0.3 is 5.97 Å². The lowest BCUT2D eigenvalue weighted by Crippen LogP contribution is -2.15. The summed E-state index contributed by atoms with van der Waals surface area (Å²) in [5.41, 5.74) is 0.667. The Bertz CT molecular complexity index is 852. The summed E-state index contributed by atoms with van der Waals surface area (Å²) in [5.74, 6) is -0.709. The second-order valence-electron chi connectivity index (χ2n) is 4.76. The van der Waals surface area contributed by atoms with Crippen molar-refractivity contribution in [2.45, 2.75) is 17.9 Å². The fourth-order valence-corrected chi connectivity index (χ4v) is 3.31. The van der Waals surface area contributed by atoms with Crippen molar-refractivity contribution >= 4 is 39.2 Å². The minimum Gasteiger partial charge on any atom is -0.454 e. The lowest BCUT2D eigenvalue weighted by Gasteiger charge is -2.15. The highest BCUT2D eigenvalue weighted by atomic mass is 35.5. The number of hydrogen-bond acceptors (Lipinski definition) is 4. The molecule has 0 aliphatic heterocycles. The molecule has 0 amide bonds. The van der Waals surface area contributed by atoms with Crippen molar-refractivity contribution in [2.75, 3.05) is 0 Å². The molecule has 122 valence electrons. The zero-order valence-electron chi connectivity index (χ0n) is 12.0. The highest BCUT2D eigenvalue weighted by Crippen LogP contribution is 2.27. The molecule has 2 rings (SSSR count). The Morgan fingerprint density at radius 1 is 1.13 bits per heavy atom. The largest absolute Gasteiger partial charge is 0.454 e. The number of primary sulfonamides is 1. The van der Waals surface area contributed by atoms with E-state index < -0.39 is 22.1 Å². The van der Waals surface area contributed by atoms with Gasteiger partial charge in [0.15, 0.2) is 0 Å². The molecule has 2 N–H and O–H groups in total. The van der Waals surface area contributed by atoms with Gasteiger partial charge in [0.25, 0.3) is 0 Å². The number of esters is 1. The molecule has 0 radical (unpaired) electrons. The van der Waals surface area contributed by atoms with Crippen molar-refractivity contribution in [3.63, 3.8) is 0 Å². The van der Waals surface area contributed by atoms with Crippen LogP contribution in [0.4, 0.5) is 0 Å². The molecule has 0 heterocycles. The topological polar surface area (TPSA) is 86.5 Å². The van der Waals surface area contributed by atoms with Crippen LogP contribution in [-0.2, 0) is 14.8 Å². The molecule has 0 bridgehead atoms. The van der Waals surface area contributed by atoms with Gasteiger partial charge in [0.1, 0.15) is 11.0 Å². The fourth-order valence-electron chi connectivity index (χ4n) is 1.95. The highest BCUT2D eigenvalue weighted by molar-refractivity contribution is 7.89. The number of carbonyl (C=O) groups is 1. The highest BCUT2D eigenvalue weighted by Gasteiger charge is 2.19. The van der Waals surface area contributed by atoms with Gasteiger partial charge < -0.3 is 4.74 Å². The maximum absolute atomic E-state index is 12.2. The van der Waals surface area contributed by atoms with Crippen LogP contribution >= 0.6 is 23.2 Å². The van der Waals surface area contributed by atoms with Crippen LogP contribution in [0.15, 0.2) is 47.4 Å². The molecule has 0 saturated carbocycles. The van der Waals surface area contributed by atoms with Crippen LogP contribution in [0.25, 0.3) is 0 Å². The molecule has 0 saturated heterocycles. The van der Waals surface area contributed by atoms with Crippen molar-refractivity contribution in [3.05, 3.63) is 63.6 Å². The number of carbonyl (C=O) groups excluding carboxylic acids is 1. The number of halogens is 2. The van der Waals surface area contributed by atoms with Crippen molar-refractivity contribution in [1.82, 2.24) is 0 Å². The molecule has 23 heavy (non-hydrogen) atoms. The van der Waals surface area contributed by atoms with Gasteiger partial charge in [-0.2, -0.15) is 0 Å². The maximum Gasteiger partial charge on any atom is 0.338 e. The lowest BCUT2D eigenvalue weighted by molar-refractivity contribution is 0.0338. The van der Waals surface area contributed by atoms with Gasteiger partial charge in [-0.05, 0) is 31.2 Å². The van der Waals surface area contributed by atoms with Crippen molar-refractivity contribution in [2.24, 2.45) is 5.14 Å². The Balaban J connectivity index is 2.27. The van der Waals surface area contributed by atoms with Gasteiger partial charge in [-0.15, -0.1) is 0 Å². The summed E-state index contributed by atoms with van der Waals surface area (Å²) in [6, 6.07) is 10.7. The van der Waals surface area contributed by atoms with E-state index in [0.29, 0.717) is 10.6 Å². The molecule has 0 aliphatic rings. The average molecular weight is 374 g/mol. The Morgan fingerprint density at radius 3 is 2.39 bits per heavy atom. The second kappa shape index (κ2) is 6.88. The minimum absolute atomic E-state index is 0.0253. The average Bonchev–Trinajstić information content (AvgIpc) is 2.46. The van der Waals surface area contributed by atoms with E-state index in [0.717, 1.165) is 6.07 Å². The molecular weight excluding hydrogens is 361 g/mol. The van der Waals surface area contributed by atoms with Gasteiger partial charge in [-0.3, -0.25) is 0 Å². The van der Waals surface area contributed by atoms with E-state index in [1.165, 1.54) is 12.1 Å². The minimum atomic E-state index is -4.04. The van der Waals surface area contributed by atoms with Crippen molar-refractivity contribution < 1.29 is 17.9 Å². The van der Waals surface area contributed by atoms with E-state index in [2.05, 4.69) is 0 Å². The summed E-state index contributed by atoms with van der Waals surface area (Å²) in [4.78, 5) is 11.9. The number of hydrogen-bond donors (Lipinski definition) is 1. The third-order valence-corrected chi connectivity index (χ3v) is 4.84.